The molecule has 0 fully saturated rings. The van der Waals surface area contributed by atoms with Gasteiger partial charge in [0.25, 0.3) is 0 Å². The van der Waals surface area contributed by atoms with Crippen molar-refractivity contribution in [1.82, 2.24) is 0 Å². The molecule has 0 bridgehead atoms. The van der Waals surface area contributed by atoms with Gasteiger partial charge in [-0.3, -0.25) is 0 Å². The Morgan fingerprint density at radius 1 is 0.743 bits per heavy atom. The minimum absolute atomic E-state index is 0.297. The second-order valence-corrected chi connectivity index (χ2v) is 8.78. The first-order chi connectivity index (χ1) is 16.9. The first-order valence-corrected chi connectivity index (χ1v) is 11.9. The zero-order valence-electron chi connectivity index (χ0n) is 19.3. The van der Waals surface area contributed by atoms with Gasteiger partial charge in [-0.1, -0.05) is 65.9 Å². The lowest BCUT2D eigenvalue weighted by Crippen LogP contribution is -1.98. The van der Waals surface area contributed by atoms with Gasteiger partial charge in [-0.15, -0.1) is 0 Å². The van der Waals surface area contributed by atoms with Gasteiger partial charge in [-0.25, -0.2) is 13.2 Å². The van der Waals surface area contributed by atoms with Gasteiger partial charge in [0.15, 0.2) is 0 Å². The van der Waals surface area contributed by atoms with Gasteiger partial charge in [-0.2, -0.15) is 0 Å². The van der Waals surface area contributed by atoms with E-state index in [1.54, 1.807) is 18.2 Å². The second kappa shape index (κ2) is 11.3. The lowest BCUT2D eigenvalue weighted by molar-refractivity contribution is 0.579. The number of allylic oxidation sites excluding steroid dienone is 2. The van der Waals surface area contributed by atoms with Gasteiger partial charge in [0.2, 0.25) is 0 Å². The molecule has 4 aromatic carbocycles. The molecule has 0 radical (unpaired) electrons. The Hall–Kier alpha value is -3.48. The van der Waals surface area contributed by atoms with Crippen LogP contribution in [-0.2, 0) is 19.3 Å². The molecule has 4 aromatic rings. The third-order valence-corrected chi connectivity index (χ3v) is 6.26. The fraction of sp³-hybridized carbons (Fsp3) is 0.161. The molecular formula is C31H24ClF3. The van der Waals surface area contributed by atoms with Gasteiger partial charge in [-0.05, 0) is 91.1 Å². The van der Waals surface area contributed by atoms with E-state index in [9.17, 15) is 8.78 Å². The van der Waals surface area contributed by atoms with Gasteiger partial charge in [0, 0.05) is 16.5 Å². The quantitative estimate of drug-likeness (QED) is 0.145. The average molecular weight is 489 g/mol. The molecule has 0 aliphatic heterocycles. The largest absolute Gasteiger partial charge is 0.206 e. The average Bonchev–Trinajstić information content (AvgIpc) is 2.86. The molecule has 0 N–H and O–H groups in total. The second-order valence-electron chi connectivity index (χ2n) is 8.40. The van der Waals surface area contributed by atoms with Crippen LogP contribution in [0.2, 0.25) is 5.02 Å². The van der Waals surface area contributed by atoms with Gasteiger partial charge in [0.1, 0.15) is 22.5 Å². The van der Waals surface area contributed by atoms with Crippen LogP contribution in [0.1, 0.15) is 41.2 Å². The van der Waals surface area contributed by atoms with Crippen molar-refractivity contribution in [2.45, 2.75) is 32.6 Å². The highest BCUT2D eigenvalue weighted by atomic mass is 35.5. The van der Waals surface area contributed by atoms with Crippen molar-refractivity contribution in [3.8, 4) is 11.8 Å². The molecule has 0 saturated carbocycles. The molecule has 0 saturated heterocycles. The number of hydrogen-bond donors (Lipinski definition) is 0. The number of rotatable bonds is 6. The zero-order chi connectivity index (χ0) is 24.8. The number of hydrogen-bond acceptors (Lipinski definition) is 0. The maximum atomic E-state index is 15.1. The Labute approximate surface area is 209 Å². The van der Waals surface area contributed by atoms with Crippen LogP contribution in [0.25, 0.3) is 10.8 Å². The van der Waals surface area contributed by atoms with Gasteiger partial charge < -0.3 is 0 Å². The molecule has 0 unspecified atom stereocenters. The van der Waals surface area contributed by atoms with Crippen molar-refractivity contribution in [1.29, 1.82) is 0 Å². The molecule has 0 spiro atoms. The molecule has 4 heteroatoms. The Morgan fingerprint density at radius 3 is 2.14 bits per heavy atom. The molecular weight excluding hydrogens is 465 g/mol. The van der Waals surface area contributed by atoms with E-state index in [0.29, 0.717) is 29.4 Å². The minimum atomic E-state index is -0.811. The van der Waals surface area contributed by atoms with E-state index >= 15 is 4.39 Å². The van der Waals surface area contributed by atoms with E-state index < -0.39 is 16.7 Å². The van der Waals surface area contributed by atoms with E-state index in [-0.39, 0.29) is 5.82 Å². The number of fused-ring (bicyclic) bond motifs is 1. The van der Waals surface area contributed by atoms with Crippen molar-refractivity contribution in [2.24, 2.45) is 0 Å². The fourth-order valence-corrected chi connectivity index (χ4v) is 4.06. The molecule has 4 rings (SSSR count). The summed E-state index contributed by atoms with van der Waals surface area (Å²) in [5.41, 5.74) is 3.92. The monoisotopic (exact) mass is 488 g/mol. The smallest absolute Gasteiger partial charge is 0.145 e. The van der Waals surface area contributed by atoms with Crippen LogP contribution >= 0.6 is 11.6 Å². The van der Waals surface area contributed by atoms with Crippen LogP contribution in [0, 0.1) is 29.3 Å². The molecule has 176 valence electrons. The summed E-state index contributed by atoms with van der Waals surface area (Å²) in [6.45, 7) is 2.02. The van der Waals surface area contributed by atoms with Crippen LogP contribution in [0.3, 0.4) is 0 Å². The summed E-state index contributed by atoms with van der Waals surface area (Å²) in [5.74, 6) is 4.38. The summed E-state index contributed by atoms with van der Waals surface area (Å²) >= 11 is 5.53. The normalized spacial score (nSPS) is 11.1. The molecule has 35 heavy (non-hydrogen) atoms. The summed E-state index contributed by atoms with van der Waals surface area (Å²) in [7, 11) is 0. The summed E-state index contributed by atoms with van der Waals surface area (Å²) in [5, 5.41) is 0.717. The SMILES string of the molecule is C/C=C/CCc1ccc(C#Cc2ccc3c(F)c(CCc4cc(F)c(Cl)c(F)c4)ccc3c2)cc1. The lowest BCUT2D eigenvalue weighted by atomic mass is 9.99. The maximum Gasteiger partial charge on any atom is 0.145 e. The Bertz CT molecular complexity index is 1420. The third-order valence-electron chi connectivity index (χ3n) is 5.90. The fourth-order valence-electron chi connectivity index (χ4n) is 3.95. The van der Waals surface area contributed by atoms with Crippen LogP contribution in [0.5, 0.6) is 0 Å². The molecule has 0 amide bonds. The standard InChI is InChI=1S/C31H24ClF3/c1-2-3-4-5-21-6-8-22(9-7-21)10-11-23-13-17-27-26(18-23)16-15-25(31(27)35)14-12-24-19-28(33)30(32)29(34)20-24/h2-3,6-9,13,15-20H,4-5,12,14H2,1H3/b3-2+. The van der Waals surface area contributed by atoms with Crippen LogP contribution in [0.15, 0.2) is 78.9 Å². The van der Waals surface area contributed by atoms with Crippen LogP contribution < -0.4 is 0 Å². The topological polar surface area (TPSA) is 0 Å². The van der Waals surface area contributed by atoms with Crippen molar-refractivity contribution in [2.75, 3.05) is 0 Å². The minimum Gasteiger partial charge on any atom is -0.206 e. The molecule has 0 aliphatic carbocycles. The Balaban J connectivity index is 1.47. The maximum absolute atomic E-state index is 15.1. The molecule has 0 atom stereocenters. The highest BCUT2D eigenvalue weighted by Crippen LogP contribution is 2.25. The molecule has 0 aromatic heterocycles. The van der Waals surface area contributed by atoms with E-state index in [0.717, 1.165) is 29.4 Å². The highest BCUT2D eigenvalue weighted by Gasteiger charge is 2.11. The predicted octanol–water partition coefficient (Wildman–Crippen LogP) is 8.60. The van der Waals surface area contributed by atoms with E-state index in [2.05, 4.69) is 36.1 Å². The van der Waals surface area contributed by atoms with E-state index in [1.165, 1.54) is 17.7 Å². The van der Waals surface area contributed by atoms with E-state index in [4.69, 9.17) is 11.6 Å². The number of halogens is 4. The zero-order valence-corrected chi connectivity index (χ0v) is 20.1. The molecule has 0 aliphatic rings. The van der Waals surface area contributed by atoms with Crippen molar-refractivity contribution in [3.05, 3.63) is 129 Å². The van der Waals surface area contributed by atoms with Gasteiger partial charge >= 0.3 is 0 Å². The van der Waals surface area contributed by atoms with Crippen LogP contribution in [0.4, 0.5) is 13.2 Å². The highest BCUT2D eigenvalue weighted by molar-refractivity contribution is 6.30. The van der Waals surface area contributed by atoms with E-state index in [1.807, 2.05) is 31.2 Å². The van der Waals surface area contributed by atoms with Crippen molar-refractivity contribution in [3.63, 3.8) is 0 Å². The third kappa shape index (κ3) is 6.15. The summed E-state index contributed by atoms with van der Waals surface area (Å²) < 4.78 is 42.5. The molecule has 0 nitrogen and oxygen atoms in total. The molecule has 0 heterocycles. The predicted molar refractivity (Wildman–Crippen MR) is 138 cm³/mol. The summed E-state index contributed by atoms with van der Waals surface area (Å²) in [4.78, 5) is 0. The lowest BCUT2D eigenvalue weighted by Gasteiger charge is -2.08. The first kappa shape index (κ1) is 24.6. The van der Waals surface area contributed by atoms with Gasteiger partial charge in [0.05, 0.1) is 0 Å². The first-order valence-electron chi connectivity index (χ1n) is 11.5. The Morgan fingerprint density at radius 2 is 1.43 bits per heavy atom. The summed E-state index contributed by atoms with van der Waals surface area (Å²) in [6, 6.07) is 19.6. The number of benzene rings is 4. The Kier molecular flexibility index (Phi) is 7.95. The van der Waals surface area contributed by atoms with Crippen LogP contribution in [-0.4, -0.2) is 0 Å². The van der Waals surface area contributed by atoms with Crippen molar-refractivity contribution < 1.29 is 13.2 Å². The summed E-state index contributed by atoms with van der Waals surface area (Å²) in [6.07, 6.45) is 6.85. The van der Waals surface area contributed by atoms with Crippen molar-refractivity contribution >= 4 is 22.4 Å². The number of aryl methyl sites for hydroxylation is 3.